The van der Waals surface area contributed by atoms with Crippen molar-refractivity contribution >= 4 is 31.8 Å². The minimum atomic E-state index is -6.09. The third-order valence-electron chi connectivity index (χ3n) is 2.48. The Hall–Kier alpha value is -1.25. The lowest BCUT2D eigenvalue weighted by Crippen LogP contribution is -2.21. The standard InChI is InChI=1S/C12H13S.CHF3O3S/c1-13(2)12-8-7-10-5-3-4-6-11(10)9-12;2-1(3,4)8(5,6)7/h3-9H,1-2H3;(H,5,6,7)/q+1;/p-1. The van der Waals surface area contributed by atoms with Gasteiger partial charge >= 0.3 is 5.51 Å². The van der Waals surface area contributed by atoms with Crippen LogP contribution in [-0.4, -0.2) is 31.0 Å². The van der Waals surface area contributed by atoms with Crippen molar-refractivity contribution in [1.82, 2.24) is 0 Å². The number of alkyl halides is 3. The first-order chi connectivity index (χ1) is 9.52. The number of hydrogen-bond acceptors (Lipinski definition) is 3. The highest BCUT2D eigenvalue weighted by atomic mass is 32.2. The molecule has 3 nitrogen and oxygen atoms in total. The molecule has 0 heterocycles. The van der Waals surface area contributed by atoms with Gasteiger partial charge in [-0.3, -0.25) is 0 Å². The summed E-state index contributed by atoms with van der Waals surface area (Å²) in [5, 5.41) is 2.68. The van der Waals surface area contributed by atoms with Gasteiger partial charge in [0.05, 0.1) is 0 Å². The molecule has 0 aliphatic carbocycles. The Balaban J connectivity index is 0.000000240. The van der Waals surface area contributed by atoms with Crippen LogP contribution in [0.4, 0.5) is 13.2 Å². The molecule has 0 fully saturated rings. The number of benzene rings is 2. The van der Waals surface area contributed by atoms with E-state index in [0.29, 0.717) is 10.9 Å². The molecule has 116 valence electrons. The van der Waals surface area contributed by atoms with Crippen molar-refractivity contribution in [2.45, 2.75) is 10.4 Å². The zero-order chi connectivity index (χ0) is 16.3. The predicted octanol–water partition coefficient (Wildman–Crippen LogP) is 3.13. The molecule has 21 heavy (non-hydrogen) atoms. The predicted molar refractivity (Wildman–Crippen MR) is 77.2 cm³/mol. The summed E-state index contributed by atoms with van der Waals surface area (Å²) in [6.07, 6.45) is 4.51. The second-order valence-corrected chi connectivity index (χ2v) is 7.70. The summed E-state index contributed by atoms with van der Waals surface area (Å²) in [6.45, 7) is 0. The smallest absolute Gasteiger partial charge is 0.485 e. The number of hydrogen-bond donors (Lipinski definition) is 0. The van der Waals surface area contributed by atoms with Crippen molar-refractivity contribution in [2.24, 2.45) is 0 Å². The fourth-order valence-electron chi connectivity index (χ4n) is 1.42. The Morgan fingerprint density at radius 3 is 1.90 bits per heavy atom. The number of rotatable bonds is 1. The average Bonchev–Trinajstić information content (AvgIpc) is 2.36. The van der Waals surface area contributed by atoms with E-state index in [1.165, 1.54) is 15.7 Å². The molecule has 0 aliphatic rings. The molecule has 0 radical (unpaired) electrons. The molecule has 0 amide bonds. The number of fused-ring (bicyclic) bond motifs is 1. The fraction of sp³-hybridized carbons (Fsp3) is 0.231. The highest BCUT2D eigenvalue weighted by Gasteiger charge is 2.36. The largest absolute Gasteiger partial charge is 0.741 e. The fourth-order valence-corrected chi connectivity index (χ4v) is 2.12. The molecule has 0 spiro atoms. The zero-order valence-corrected chi connectivity index (χ0v) is 12.8. The summed E-state index contributed by atoms with van der Waals surface area (Å²) in [4.78, 5) is 1.44. The molecular formula is C13H13F3O3S2. The second-order valence-electron chi connectivity index (χ2n) is 4.23. The molecule has 2 aromatic carbocycles. The first kappa shape index (κ1) is 17.8. The molecular weight excluding hydrogens is 325 g/mol. The van der Waals surface area contributed by atoms with E-state index in [2.05, 4.69) is 55.0 Å². The van der Waals surface area contributed by atoms with E-state index in [9.17, 15) is 13.2 Å². The maximum Gasteiger partial charge on any atom is 0.485 e. The van der Waals surface area contributed by atoms with Crippen molar-refractivity contribution in [3.8, 4) is 0 Å². The monoisotopic (exact) mass is 338 g/mol. The molecule has 2 rings (SSSR count). The van der Waals surface area contributed by atoms with Gasteiger partial charge in [0.2, 0.25) is 0 Å². The lowest BCUT2D eigenvalue weighted by molar-refractivity contribution is -0.0517. The Kier molecular flexibility index (Phi) is 5.66. The highest BCUT2D eigenvalue weighted by Crippen LogP contribution is 2.20. The van der Waals surface area contributed by atoms with Gasteiger partial charge in [-0.05, 0) is 22.9 Å². The highest BCUT2D eigenvalue weighted by molar-refractivity contribution is 7.95. The minimum absolute atomic E-state index is 0.365. The maximum absolute atomic E-state index is 10.7. The zero-order valence-electron chi connectivity index (χ0n) is 11.2. The van der Waals surface area contributed by atoms with Gasteiger partial charge in [-0.2, -0.15) is 13.2 Å². The maximum atomic E-state index is 10.7. The van der Waals surface area contributed by atoms with Crippen LogP contribution < -0.4 is 0 Å². The normalized spacial score (nSPS) is 12.1. The van der Waals surface area contributed by atoms with Crippen LogP contribution in [0.25, 0.3) is 10.8 Å². The number of halogens is 3. The first-order valence-corrected chi connectivity index (χ1v) is 9.06. The molecule has 0 bridgehead atoms. The van der Waals surface area contributed by atoms with E-state index < -0.39 is 15.6 Å². The Morgan fingerprint density at radius 2 is 1.48 bits per heavy atom. The Morgan fingerprint density at radius 1 is 1.00 bits per heavy atom. The lowest BCUT2D eigenvalue weighted by Gasteiger charge is -2.08. The van der Waals surface area contributed by atoms with E-state index in [4.69, 9.17) is 13.0 Å². The van der Waals surface area contributed by atoms with Crippen molar-refractivity contribution in [2.75, 3.05) is 12.5 Å². The summed E-state index contributed by atoms with van der Waals surface area (Å²) in [7, 11) is -5.73. The van der Waals surface area contributed by atoms with Gasteiger partial charge < -0.3 is 4.55 Å². The van der Waals surface area contributed by atoms with Gasteiger partial charge in [0.1, 0.15) is 12.5 Å². The molecule has 0 aromatic heterocycles. The van der Waals surface area contributed by atoms with Crippen LogP contribution in [0.2, 0.25) is 0 Å². The van der Waals surface area contributed by atoms with Gasteiger partial charge in [-0.1, -0.05) is 24.3 Å². The third-order valence-corrected chi connectivity index (χ3v) is 4.24. The Bertz CT molecular complexity index is 710. The summed E-state index contributed by atoms with van der Waals surface area (Å²) >= 11 is 0. The summed E-state index contributed by atoms with van der Waals surface area (Å²) in [5.41, 5.74) is -5.65. The quantitative estimate of drug-likeness (QED) is 0.456. The van der Waals surface area contributed by atoms with Gasteiger partial charge in [0.25, 0.3) is 0 Å². The summed E-state index contributed by atoms with van der Waals surface area (Å²) in [5.74, 6) is 0. The van der Waals surface area contributed by atoms with E-state index in [-0.39, 0.29) is 0 Å². The molecule has 0 saturated heterocycles. The Labute approximate surface area is 123 Å². The topological polar surface area (TPSA) is 57.2 Å². The van der Waals surface area contributed by atoms with Crippen LogP contribution in [0.15, 0.2) is 47.4 Å². The van der Waals surface area contributed by atoms with Gasteiger partial charge in [-0.15, -0.1) is 0 Å². The van der Waals surface area contributed by atoms with Gasteiger partial charge in [0, 0.05) is 17.0 Å². The van der Waals surface area contributed by atoms with Crippen LogP contribution in [0.1, 0.15) is 0 Å². The van der Waals surface area contributed by atoms with Crippen molar-refractivity contribution in [1.29, 1.82) is 0 Å². The van der Waals surface area contributed by atoms with E-state index in [1.807, 2.05) is 0 Å². The second kappa shape index (κ2) is 6.67. The molecule has 0 aliphatic heterocycles. The van der Waals surface area contributed by atoms with Gasteiger partial charge in [-0.25, -0.2) is 8.42 Å². The molecule has 0 saturated carbocycles. The van der Waals surface area contributed by atoms with Crippen LogP contribution in [-0.2, 0) is 21.0 Å². The molecule has 0 unspecified atom stereocenters. The van der Waals surface area contributed by atoms with E-state index in [0.717, 1.165) is 0 Å². The summed E-state index contributed by atoms with van der Waals surface area (Å²) < 4.78 is 58.9. The van der Waals surface area contributed by atoms with Crippen LogP contribution in [0.5, 0.6) is 0 Å². The van der Waals surface area contributed by atoms with Crippen LogP contribution in [0.3, 0.4) is 0 Å². The minimum Gasteiger partial charge on any atom is -0.741 e. The molecule has 2 aromatic rings. The third kappa shape index (κ3) is 5.22. The SMILES string of the molecule is C[S+](C)c1ccc2ccccc2c1.O=S(=O)([O-])C(F)(F)F. The molecule has 8 heteroatoms. The van der Waals surface area contributed by atoms with E-state index in [1.54, 1.807) is 0 Å². The first-order valence-electron chi connectivity index (χ1n) is 5.61. The molecule has 0 atom stereocenters. The summed E-state index contributed by atoms with van der Waals surface area (Å²) in [6, 6.07) is 15.2. The lowest BCUT2D eigenvalue weighted by atomic mass is 10.1. The van der Waals surface area contributed by atoms with Crippen molar-refractivity contribution in [3.63, 3.8) is 0 Å². The molecule has 0 N–H and O–H groups in total. The van der Waals surface area contributed by atoms with Crippen LogP contribution in [0, 0.1) is 0 Å². The van der Waals surface area contributed by atoms with Crippen LogP contribution >= 0.6 is 0 Å². The van der Waals surface area contributed by atoms with Gasteiger partial charge in [0.15, 0.2) is 15.0 Å². The van der Waals surface area contributed by atoms with Crippen molar-refractivity contribution < 1.29 is 26.1 Å². The van der Waals surface area contributed by atoms with E-state index >= 15 is 0 Å². The van der Waals surface area contributed by atoms with Crippen molar-refractivity contribution in [3.05, 3.63) is 42.5 Å². The average molecular weight is 338 g/mol.